The maximum absolute atomic E-state index is 11.2. The molecule has 0 amide bonds. The Morgan fingerprint density at radius 2 is 2.14 bits per heavy atom. The molecule has 5 heteroatoms. The van der Waals surface area contributed by atoms with Crippen LogP contribution in [0.5, 0.6) is 0 Å². The molecular weight excluding hydrogens is 266 g/mol. The molecule has 0 unspecified atom stereocenters. The Kier molecular flexibility index (Phi) is 3.24. The lowest BCUT2D eigenvalue weighted by molar-refractivity contribution is 0.0429. The first-order valence-corrected chi connectivity index (χ1v) is 7.31. The summed E-state index contributed by atoms with van der Waals surface area (Å²) >= 11 is 0. The molecule has 5 nitrogen and oxygen atoms in total. The highest BCUT2D eigenvalue weighted by atomic mass is 16.4. The summed E-state index contributed by atoms with van der Waals surface area (Å²) in [6.07, 6.45) is 3.61. The van der Waals surface area contributed by atoms with Crippen molar-refractivity contribution in [3.63, 3.8) is 0 Å². The number of imidazole rings is 1. The maximum atomic E-state index is 11.2. The summed E-state index contributed by atoms with van der Waals surface area (Å²) in [4.78, 5) is 18.0. The molecule has 112 valence electrons. The molecular formula is C16H21N3O2. The van der Waals surface area contributed by atoms with Gasteiger partial charge in [-0.25, -0.2) is 9.78 Å². The zero-order valence-electron chi connectivity index (χ0n) is 12.8. The summed E-state index contributed by atoms with van der Waals surface area (Å²) in [5.74, 6) is 0.0499. The van der Waals surface area contributed by atoms with E-state index in [9.17, 15) is 9.90 Å². The lowest BCUT2D eigenvalue weighted by Crippen LogP contribution is -2.53. The fourth-order valence-electron chi connectivity index (χ4n) is 3.20. The van der Waals surface area contributed by atoms with Crippen molar-refractivity contribution in [2.45, 2.75) is 38.3 Å². The van der Waals surface area contributed by atoms with E-state index >= 15 is 0 Å². The monoisotopic (exact) mass is 287 g/mol. The number of carbonyl (C=O) groups is 1. The van der Waals surface area contributed by atoms with Crippen molar-refractivity contribution in [1.82, 2.24) is 14.5 Å². The molecule has 1 N–H and O–H groups in total. The first-order valence-electron chi connectivity index (χ1n) is 7.31. The Balaban J connectivity index is 2.06. The van der Waals surface area contributed by atoms with Crippen LogP contribution in [0.15, 0.2) is 18.2 Å². The second-order valence-electron chi connectivity index (χ2n) is 6.23. The van der Waals surface area contributed by atoms with Crippen molar-refractivity contribution in [2.75, 3.05) is 14.1 Å². The number of rotatable bonds is 4. The van der Waals surface area contributed by atoms with E-state index in [0.29, 0.717) is 5.56 Å². The molecule has 0 radical (unpaired) electrons. The van der Waals surface area contributed by atoms with Crippen molar-refractivity contribution >= 4 is 17.0 Å². The molecule has 0 aliphatic heterocycles. The minimum Gasteiger partial charge on any atom is -0.478 e. The molecule has 1 aromatic carbocycles. The average Bonchev–Trinajstić information content (AvgIpc) is 2.68. The lowest BCUT2D eigenvalue weighted by Gasteiger charge is -2.47. The fraction of sp³-hybridized carbons (Fsp3) is 0.500. The van der Waals surface area contributed by atoms with Crippen molar-refractivity contribution in [3.05, 3.63) is 29.6 Å². The molecule has 1 aromatic heterocycles. The summed E-state index contributed by atoms with van der Waals surface area (Å²) in [5, 5.41) is 9.18. The Morgan fingerprint density at radius 1 is 1.43 bits per heavy atom. The molecule has 1 saturated carbocycles. The van der Waals surface area contributed by atoms with Gasteiger partial charge in [0, 0.05) is 12.1 Å². The van der Waals surface area contributed by atoms with Crippen molar-refractivity contribution in [2.24, 2.45) is 0 Å². The minimum absolute atomic E-state index is 0.178. The zero-order valence-corrected chi connectivity index (χ0v) is 12.8. The molecule has 2 aromatic rings. The topological polar surface area (TPSA) is 58.4 Å². The quantitative estimate of drug-likeness (QED) is 0.938. The van der Waals surface area contributed by atoms with E-state index in [1.807, 2.05) is 6.92 Å². The van der Waals surface area contributed by atoms with Gasteiger partial charge in [-0.1, -0.05) is 0 Å². The number of carboxylic acids is 1. The van der Waals surface area contributed by atoms with Gasteiger partial charge in [0.25, 0.3) is 0 Å². The summed E-state index contributed by atoms with van der Waals surface area (Å²) in [6, 6.07) is 5.15. The molecule has 21 heavy (non-hydrogen) atoms. The van der Waals surface area contributed by atoms with Gasteiger partial charge in [-0.2, -0.15) is 0 Å². The van der Waals surface area contributed by atoms with Gasteiger partial charge in [0.05, 0.1) is 16.6 Å². The number of fused-ring (bicyclic) bond motifs is 1. The molecule has 1 aliphatic carbocycles. The molecule has 1 aliphatic rings. The standard InChI is InChI=1S/C16H21N3O2/c1-11-17-13-6-5-12(15(20)21)9-14(13)19(11)10-16(18(2)3)7-4-8-16/h5-6,9H,4,7-8,10H2,1-3H3,(H,20,21). The second-order valence-corrected chi connectivity index (χ2v) is 6.23. The number of benzene rings is 1. The first-order chi connectivity index (χ1) is 9.93. The van der Waals surface area contributed by atoms with E-state index in [2.05, 4.69) is 28.5 Å². The summed E-state index contributed by atoms with van der Waals surface area (Å²) in [6.45, 7) is 2.86. The smallest absolute Gasteiger partial charge is 0.335 e. The number of hydrogen-bond donors (Lipinski definition) is 1. The van der Waals surface area contributed by atoms with Gasteiger partial charge in [-0.05, 0) is 58.5 Å². The second kappa shape index (κ2) is 4.84. The van der Waals surface area contributed by atoms with Gasteiger partial charge in [0.15, 0.2) is 0 Å². The van der Waals surface area contributed by atoms with Crippen LogP contribution in [0.1, 0.15) is 35.4 Å². The average molecular weight is 287 g/mol. The van der Waals surface area contributed by atoms with Gasteiger partial charge < -0.3 is 14.6 Å². The van der Waals surface area contributed by atoms with E-state index in [4.69, 9.17) is 0 Å². The van der Waals surface area contributed by atoms with Crippen LogP contribution >= 0.6 is 0 Å². The van der Waals surface area contributed by atoms with Gasteiger partial charge in [0.1, 0.15) is 5.82 Å². The number of aromatic nitrogens is 2. The molecule has 1 fully saturated rings. The van der Waals surface area contributed by atoms with E-state index in [0.717, 1.165) is 23.4 Å². The number of aromatic carboxylic acids is 1. The molecule has 0 bridgehead atoms. The highest BCUT2D eigenvalue weighted by Crippen LogP contribution is 2.38. The third-order valence-corrected chi connectivity index (χ3v) is 4.87. The third-order valence-electron chi connectivity index (χ3n) is 4.87. The van der Waals surface area contributed by atoms with Crippen LogP contribution < -0.4 is 0 Å². The Morgan fingerprint density at radius 3 is 2.67 bits per heavy atom. The van der Waals surface area contributed by atoms with Crippen molar-refractivity contribution in [3.8, 4) is 0 Å². The van der Waals surface area contributed by atoms with Gasteiger partial charge in [-0.15, -0.1) is 0 Å². The summed E-state index contributed by atoms with van der Waals surface area (Å²) in [5.41, 5.74) is 2.28. The Labute approximate surface area is 124 Å². The van der Waals surface area contributed by atoms with Crippen molar-refractivity contribution < 1.29 is 9.90 Å². The van der Waals surface area contributed by atoms with E-state index in [1.54, 1.807) is 18.2 Å². The number of aryl methyl sites for hydroxylation is 1. The van der Waals surface area contributed by atoms with E-state index < -0.39 is 5.97 Å². The highest BCUT2D eigenvalue weighted by Gasteiger charge is 2.39. The number of nitrogens with zero attached hydrogens (tertiary/aromatic N) is 3. The Hall–Kier alpha value is -1.88. The summed E-state index contributed by atoms with van der Waals surface area (Å²) in [7, 11) is 4.24. The van der Waals surface area contributed by atoms with Crippen LogP contribution in [-0.2, 0) is 6.54 Å². The first kappa shape index (κ1) is 14.1. The maximum Gasteiger partial charge on any atom is 0.335 e. The number of hydrogen-bond acceptors (Lipinski definition) is 3. The third kappa shape index (κ3) is 2.21. The van der Waals surface area contributed by atoms with Crippen LogP contribution in [0.3, 0.4) is 0 Å². The highest BCUT2D eigenvalue weighted by molar-refractivity contribution is 5.92. The molecule has 0 spiro atoms. The fourth-order valence-corrected chi connectivity index (χ4v) is 3.20. The van der Waals surface area contributed by atoms with Crippen LogP contribution in [0.4, 0.5) is 0 Å². The zero-order chi connectivity index (χ0) is 15.2. The lowest BCUT2D eigenvalue weighted by atomic mass is 9.75. The Bertz CT molecular complexity index is 699. The number of likely N-dealkylation sites (N-methyl/N-ethyl adjacent to an activating group) is 1. The predicted molar refractivity (Wildman–Crippen MR) is 81.7 cm³/mol. The van der Waals surface area contributed by atoms with Gasteiger partial charge in [-0.3, -0.25) is 0 Å². The van der Waals surface area contributed by atoms with Crippen LogP contribution in [0.25, 0.3) is 11.0 Å². The number of carboxylic acid groups (broad SMARTS) is 1. The van der Waals surface area contributed by atoms with E-state index in [-0.39, 0.29) is 5.54 Å². The molecule has 0 atom stereocenters. The molecule has 3 rings (SSSR count). The van der Waals surface area contributed by atoms with Gasteiger partial charge >= 0.3 is 5.97 Å². The van der Waals surface area contributed by atoms with E-state index in [1.165, 1.54) is 19.3 Å². The van der Waals surface area contributed by atoms with Crippen LogP contribution in [-0.4, -0.2) is 45.2 Å². The SMILES string of the molecule is Cc1nc2ccc(C(=O)O)cc2n1CC1(N(C)C)CCC1. The van der Waals surface area contributed by atoms with Gasteiger partial charge in [0.2, 0.25) is 0 Å². The normalized spacial score (nSPS) is 17.1. The summed E-state index contributed by atoms with van der Waals surface area (Å²) < 4.78 is 2.17. The van der Waals surface area contributed by atoms with Crippen LogP contribution in [0, 0.1) is 6.92 Å². The predicted octanol–water partition coefficient (Wildman–Crippen LogP) is 2.53. The largest absolute Gasteiger partial charge is 0.478 e. The van der Waals surface area contributed by atoms with Crippen LogP contribution in [0.2, 0.25) is 0 Å². The van der Waals surface area contributed by atoms with Crippen molar-refractivity contribution in [1.29, 1.82) is 0 Å². The molecule has 1 heterocycles. The minimum atomic E-state index is -0.895. The molecule has 0 saturated heterocycles.